The van der Waals surface area contributed by atoms with Gasteiger partial charge in [-0.25, -0.2) is 4.39 Å². The van der Waals surface area contributed by atoms with Gasteiger partial charge >= 0.3 is 0 Å². The topological polar surface area (TPSA) is 34.1 Å². The Hall–Kier alpha value is -1.16. The maximum absolute atomic E-state index is 12.6. The molecular formula is C9H11FN2O. The highest BCUT2D eigenvalue weighted by Gasteiger charge is 2.16. The van der Waals surface area contributed by atoms with Crippen molar-refractivity contribution in [2.24, 2.45) is 0 Å². The molecule has 1 aliphatic heterocycles. The molecule has 0 bridgehead atoms. The van der Waals surface area contributed by atoms with Crippen LogP contribution in [0.25, 0.3) is 0 Å². The zero-order valence-electron chi connectivity index (χ0n) is 7.16. The zero-order valence-corrected chi connectivity index (χ0v) is 7.16. The number of pyridine rings is 1. The van der Waals surface area contributed by atoms with Crippen LogP contribution < -0.4 is 10.1 Å². The summed E-state index contributed by atoms with van der Waals surface area (Å²) in [6.07, 6.45) is 3.80. The minimum absolute atomic E-state index is 0.362. The van der Waals surface area contributed by atoms with E-state index >= 15 is 0 Å². The third-order valence-corrected chi connectivity index (χ3v) is 2.06. The number of hydrogen-bond donors (Lipinski definition) is 1. The van der Waals surface area contributed by atoms with Gasteiger partial charge in [-0.15, -0.1) is 0 Å². The minimum Gasteiger partial charge on any atom is -0.490 e. The van der Waals surface area contributed by atoms with Gasteiger partial charge in [-0.05, 0) is 13.0 Å². The summed E-state index contributed by atoms with van der Waals surface area (Å²) in [6, 6.07) is 1.76. The van der Waals surface area contributed by atoms with Gasteiger partial charge in [0.15, 0.2) is 0 Å². The van der Waals surface area contributed by atoms with E-state index in [2.05, 4.69) is 10.3 Å². The van der Waals surface area contributed by atoms with Crippen molar-refractivity contribution in [2.75, 3.05) is 13.2 Å². The second-order valence-electron chi connectivity index (χ2n) is 3.09. The van der Waals surface area contributed by atoms with E-state index in [0.717, 1.165) is 19.2 Å². The van der Waals surface area contributed by atoms with E-state index in [0.29, 0.717) is 18.4 Å². The van der Waals surface area contributed by atoms with Crippen molar-refractivity contribution in [2.45, 2.75) is 12.5 Å². The van der Waals surface area contributed by atoms with E-state index in [1.165, 1.54) is 12.3 Å². The summed E-state index contributed by atoms with van der Waals surface area (Å²) < 4.78 is 18.0. The average molecular weight is 181 g/mol. The fourth-order valence-corrected chi connectivity index (χ4v) is 1.16. The third kappa shape index (κ3) is 2.15. The Balaban J connectivity index is 1.86. The molecule has 3 nitrogen and oxygen atoms in total. The number of rotatable bonds is 3. The van der Waals surface area contributed by atoms with Gasteiger partial charge < -0.3 is 10.1 Å². The van der Waals surface area contributed by atoms with Crippen LogP contribution in [0.5, 0.6) is 5.75 Å². The average Bonchev–Trinajstić information content (AvgIpc) is 2.01. The summed E-state index contributed by atoms with van der Waals surface area (Å²) in [4.78, 5) is 3.69. The fraction of sp³-hybridized carbons (Fsp3) is 0.444. The second-order valence-corrected chi connectivity index (χ2v) is 3.09. The van der Waals surface area contributed by atoms with E-state index in [4.69, 9.17) is 4.74 Å². The monoisotopic (exact) mass is 181 g/mol. The molecule has 1 N–H and O–H groups in total. The standard InChI is InChI=1S/C9H11FN2O/c10-7-3-9(5-11-4-7)13-6-8-1-2-12-8/h3-5,8,12H,1-2,6H2/t8-/m0/s1/i10-1. The summed E-state index contributed by atoms with van der Waals surface area (Å²) >= 11 is 0. The Kier molecular flexibility index (Phi) is 2.40. The molecule has 1 atom stereocenters. The summed E-state index contributed by atoms with van der Waals surface area (Å²) in [6.45, 7) is 1.64. The lowest BCUT2D eigenvalue weighted by Crippen LogP contribution is -2.46. The molecule has 1 aliphatic rings. The SMILES string of the molecule is [18F]c1cncc(OC[C@@H]2CCN2)c1. The quantitative estimate of drug-likeness (QED) is 0.754. The Bertz CT molecular complexity index is 289. The Morgan fingerprint density at radius 2 is 2.46 bits per heavy atom. The Morgan fingerprint density at radius 3 is 3.08 bits per heavy atom. The first-order chi connectivity index (χ1) is 6.34. The van der Waals surface area contributed by atoms with E-state index in [1.807, 2.05) is 0 Å². The van der Waals surface area contributed by atoms with Gasteiger partial charge in [0, 0.05) is 12.1 Å². The molecule has 1 aromatic rings. The van der Waals surface area contributed by atoms with Crippen molar-refractivity contribution in [3.8, 4) is 5.75 Å². The van der Waals surface area contributed by atoms with Crippen molar-refractivity contribution in [1.82, 2.24) is 10.3 Å². The highest BCUT2D eigenvalue weighted by molar-refractivity contribution is 5.16. The molecule has 1 aromatic heterocycles. The van der Waals surface area contributed by atoms with E-state index in [9.17, 15) is 4.39 Å². The lowest BCUT2D eigenvalue weighted by atomic mass is 10.1. The molecule has 1 fully saturated rings. The summed E-state index contributed by atoms with van der Waals surface area (Å²) in [7, 11) is 0. The largest absolute Gasteiger partial charge is 0.490 e. The summed E-state index contributed by atoms with van der Waals surface area (Å²) in [5, 5.41) is 3.19. The van der Waals surface area contributed by atoms with Crippen LogP contribution in [-0.4, -0.2) is 24.2 Å². The number of hydrogen-bond acceptors (Lipinski definition) is 3. The molecule has 70 valence electrons. The fourth-order valence-electron chi connectivity index (χ4n) is 1.16. The number of nitrogens with zero attached hydrogens (tertiary/aromatic N) is 1. The molecule has 0 unspecified atom stereocenters. The van der Waals surface area contributed by atoms with Gasteiger partial charge in [-0.3, -0.25) is 4.98 Å². The predicted octanol–water partition coefficient (Wildman–Crippen LogP) is 0.961. The molecule has 0 amide bonds. The van der Waals surface area contributed by atoms with E-state index < -0.39 is 0 Å². The van der Waals surface area contributed by atoms with Crippen molar-refractivity contribution in [3.63, 3.8) is 0 Å². The first-order valence-corrected chi connectivity index (χ1v) is 4.31. The van der Waals surface area contributed by atoms with E-state index in [1.54, 1.807) is 0 Å². The van der Waals surface area contributed by atoms with Crippen LogP contribution in [0.15, 0.2) is 18.5 Å². The van der Waals surface area contributed by atoms with Gasteiger partial charge in [0.2, 0.25) is 0 Å². The van der Waals surface area contributed by atoms with Crippen molar-refractivity contribution >= 4 is 0 Å². The second kappa shape index (κ2) is 3.70. The van der Waals surface area contributed by atoms with Crippen LogP contribution >= 0.6 is 0 Å². The normalized spacial score (nSPS) is 20.8. The minimum atomic E-state index is -0.362. The van der Waals surface area contributed by atoms with Crippen molar-refractivity contribution in [3.05, 3.63) is 24.3 Å². The number of ether oxygens (including phenoxy) is 1. The Morgan fingerprint density at radius 1 is 1.62 bits per heavy atom. The molecule has 4 heteroatoms. The maximum Gasteiger partial charge on any atom is 0.145 e. The first-order valence-electron chi connectivity index (χ1n) is 4.31. The van der Waals surface area contributed by atoms with Crippen LogP contribution in [0.1, 0.15) is 6.42 Å². The van der Waals surface area contributed by atoms with Crippen LogP contribution in [0.3, 0.4) is 0 Å². The van der Waals surface area contributed by atoms with Crippen LogP contribution in [0.2, 0.25) is 0 Å². The molecule has 0 radical (unpaired) electrons. The molecule has 0 aromatic carbocycles. The van der Waals surface area contributed by atoms with E-state index in [-0.39, 0.29) is 5.82 Å². The van der Waals surface area contributed by atoms with Gasteiger partial charge in [-0.2, -0.15) is 0 Å². The lowest BCUT2D eigenvalue weighted by molar-refractivity contribution is 0.216. The van der Waals surface area contributed by atoms with Gasteiger partial charge in [0.05, 0.1) is 12.4 Å². The summed E-state index contributed by atoms with van der Waals surface area (Å²) in [5.74, 6) is 0.132. The highest BCUT2D eigenvalue weighted by Crippen LogP contribution is 2.11. The Labute approximate surface area is 75.9 Å². The molecule has 0 saturated carbocycles. The molecule has 0 spiro atoms. The van der Waals surface area contributed by atoms with Crippen molar-refractivity contribution < 1.29 is 9.13 Å². The third-order valence-electron chi connectivity index (χ3n) is 2.06. The van der Waals surface area contributed by atoms with Gasteiger partial charge in [-0.1, -0.05) is 0 Å². The number of halogens is 1. The first kappa shape index (κ1) is 8.44. The molecule has 0 aliphatic carbocycles. The maximum atomic E-state index is 12.6. The van der Waals surface area contributed by atoms with Crippen LogP contribution in [-0.2, 0) is 0 Å². The molecular weight excluding hydrogens is 170 g/mol. The number of nitrogens with one attached hydrogen (secondary N) is 1. The number of aromatic nitrogens is 1. The van der Waals surface area contributed by atoms with Crippen molar-refractivity contribution in [1.29, 1.82) is 0 Å². The lowest BCUT2D eigenvalue weighted by Gasteiger charge is -2.27. The molecule has 1 saturated heterocycles. The molecule has 2 heterocycles. The van der Waals surface area contributed by atoms with Crippen LogP contribution in [0, 0.1) is 5.82 Å². The van der Waals surface area contributed by atoms with Crippen LogP contribution in [0.4, 0.5) is 4.39 Å². The van der Waals surface area contributed by atoms with Gasteiger partial charge in [0.25, 0.3) is 0 Å². The smallest absolute Gasteiger partial charge is 0.145 e. The molecule has 13 heavy (non-hydrogen) atoms. The predicted molar refractivity (Wildman–Crippen MR) is 46.1 cm³/mol. The summed E-state index contributed by atoms with van der Waals surface area (Å²) in [5.41, 5.74) is 0. The zero-order chi connectivity index (χ0) is 9.10. The van der Waals surface area contributed by atoms with Gasteiger partial charge in [0.1, 0.15) is 18.2 Å². The highest BCUT2D eigenvalue weighted by atomic mass is 18.2. The molecule has 2 rings (SSSR count).